The molecule has 0 bridgehead atoms. The molecule has 296 valence electrons. The van der Waals surface area contributed by atoms with Crippen molar-refractivity contribution in [1.29, 1.82) is 0 Å². The van der Waals surface area contributed by atoms with Crippen LogP contribution in [0.15, 0.2) is 73.3 Å². The largest absolute Gasteiger partial charge is 0.496 e. The number of para-hydroxylation sites is 1. The Morgan fingerprint density at radius 2 is 1.73 bits per heavy atom. The van der Waals surface area contributed by atoms with Crippen LogP contribution in [0.1, 0.15) is 57.8 Å². The number of nitrogens with one attached hydrogen (secondary N) is 2. The van der Waals surface area contributed by atoms with Gasteiger partial charge in [-0.15, -0.1) is 37.2 Å². The third-order valence-corrected chi connectivity index (χ3v) is 9.32. The molecule has 1 fully saturated rings. The fraction of sp³-hybridized carbons (Fsp3) is 0.359. The van der Waals surface area contributed by atoms with Gasteiger partial charge in [0.1, 0.15) is 22.8 Å². The average Bonchev–Trinajstić information content (AvgIpc) is 3.83. The molecule has 16 heteroatoms. The Labute approximate surface area is 340 Å². The van der Waals surface area contributed by atoms with Crippen molar-refractivity contribution in [1.82, 2.24) is 29.3 Å². The van der Waals surface area contributed by atoms with E-state index in [9.17, 15) is 14.4 Å². The summed E-state index contributed by atoms with van der Waals surface area (Å²) in [4.78, 5) is 57.7. The SMILES string of the molecule is COc1cc(C(=O)N(C)c2ccc(C)cc2OCCCCCC(=O)N2CCN(C)CC2)ccc1C(=O)Nc1cccc2[nH]c(Cn3ccnc3)nc12.Cl.Cl.Cl. The van der Waals surface area contributed by atoms with Crippen LogP contribution in [-0.2, 0) is 11.3 Å². The van der Waals surface area contributed by atoms with Gasteiger partial charge in [0.25, 0.3) is 11.8 Å². The van der Waals surface area contributed by atoms with Gasteiger partial charge >= 0.3 is 0 Å². The fourth-order valence-corrected chi connectivity index (χ4v) is 6.28. The average molecular weight is 816 g/mol. The Hall–Kier alpha value is -4.82. The van der Waals surface area contributed by atoms with Crippen molar-refractivity contribution in [2.24, 2.45) is 0 Å². The third-order valence-electron chi connectivity index (χ3n) is 9.32. The van der Waals surface area contributed by atoms with Crippen LogP contribution in [-0.4, -0.2) is 101 Å². The molecule has 1 aliphatic heterocycles. The molecular formula is C39H49Cl3N8O5. The molecule has 3 heterocycles. The van der Waals surface area contributed by atoms with Crippen molar-refractivity contribution in [2.45, 2.75) is 39.2 Å². The second-order valence-corrected chi connectivity index (χ2v) is 13.2. The minimum absolute atomic E-state index is 0. The minimum Gasteiger partial charge on any atom is -0.496 e. The fourth-order valence-electron chi connectivity index (χ4n) is 6.28. The number of carbonyl (C=O) groups is 3. The molecule has 0 saturated carbocycles. The van der Waals surface area contributed by atoms with E-state index in [1.807, 2.05) is 52.9 Å². The normalized spacial score (nSPS) is 12.5. The molecule has 0 aliphatic carbocycles. The third kappa shape index (κ3) is 11.1. The number of aryl methyl sites for hydroxylation is 1. The zero-order valence-electron chi connectivity index (χ0n) is 31.4. The van der Waals surface area contributed by atoms with E-state index < -0.39 is 5.91 Å². The first kappa shape index (κ1) is 44.6. The standard InChI is InChI=1S/C39H46N8O5.3ClH/c1-27-12-15-32(34(23-27)52-22-7-5-6-11-36(48)47-20-18-44(2)19-21-47)45(3)39(50)28-13-14-29(33(24-28)51-4)38(49)42-31-10-8-9-30-37(31)43-35(41-30)25-46-17-16-40-26-46;;;/h8-10,12-17,23-24,26H,5-7,11,18-22,25H2,1-4H3,(H,41,43)(H,42,49);3*1H. The van der Waals surface area contributed by atoms with Crippen molar-refractivity contribution in [3.8, 4) is 11.5 Å². The van der Waals surface area contributed by atoms with Gasteiger partial charge in [0, 0.05) is 57.6 Å². The lowest BCUT2D eigenvalue weighted by Crippen LogP contribution is -2.47. The smallest absolute Gasteiger partial charge is 0.259 e. The molecule has 3 aromatic carbocycles. The van der Waals surface area contributed by atoms with Gasteiger partial charge in [-0.1, -0.05) is 12.1 Å². The highest BCUT2D eigenvalue weighted by Gasteiger charge is 2.22. The molecular weight excluding hydrogens is 767 g/mol. The van der Waals surface area contributed by atoms with Crippen LogP contribution in [0.4, 0.5) is 11.4 Å². The number of benzene rings is 3. The molecule has 13 nitrogen and oxygen atoms in total. The van der Waals surface area contributed by atoms with Gasteiger partial charge in [0.2, 0.25) is 5.91 Å². The number of H-pyrrole nitrogens is 1. The zero-order valence-corrected chi connectivity index (χ0v) is 33.9. The van der Waals surface area contributed by atoms with E-state index in [1.165, 1.54) is 12.0 Å². The molecule has 3 amide bonds. The molecule has 6 rings (SSSR count). The number of ether oxygens (including phenoxy) is 2. The van der Waals surface area contributed by atoms with Gasteiger partial charge in [0.15, 0.2) is 0 Å². The highest BCUT2D eigenvalue weighted by molar-refractivity contribution is 6.11. The number of unbranched alkanes of at least 4 members (excludes halogenated alkanes) is 2. The number of halogens is 3. The molecule has 5 aromatic rings. The number of methoxy groups -OCH3 is 1. The van der Waals surface area contributed by atoms with Crippen molar-refractivity contribution in [3.63, 3.8) is 0 Å². The predicted molar refractivity (Wildman–Crippen MR) is 222 cm³/mol. The van der Waals surface area contributed by atoms with Crippen LogP contribution in [0.25, 0.3) is 11.0 Å². The number of piperazine rings is 1. The summed E-state index contributed by atoms with van der Waals surface area (Å²) in [7, 11) is 5.25. The molecule has 2 aromatic heterocycles. The maximum absolute atomic E-state index is 13.8. The van der Waals surface area contributed by atoms with Gasteiger partial charge in [-0.3, -0.25) is 14.4 Å². The number of hydrogen-bond donors (Lipinski definition) is 2. The number of carbonyl (C=O) groups excluding carboxylic acids is 3. The van der Waals surface area contributed by atoms with E-state index in [-0.39, 0.29) is 60.3 Å². The van der Waals surface area contributed by atoms with Gasteiger partial charge in [0.05, 0.1) is 49.0 Å². The number of imidazole rings is 2. The van der Waals surface area contributed by atoms with Gasteiger partial charge in [-0.05, 0) is 81.3 Å². The second kappa shape index (κ2) is 20.7. The molecule has 0 spiro atoms. The summed E-state index contributed by atoms with van der Waals surface area (Å²) in [6.07, 6.45) is 8.31. The maximum atomic E-state index is 13.8. The van der Waals surface area contributed by atoms with Crippen LogP contribution in [0, 0.1) is 6.92 Å². The summed E-state index contributed by atoms with van der Waals surface area (Å²) < 4.78 is 13.7. The topological polar surface area (TPSA) is 138 Å². The molecule has 55 heavy (non-hydrogen) atoms. The van der Waals surface area contributed by atoms with Crippen LogP contribution < -0.4 is 19.7 Å². The maximum Gasteiger partial charge on any atom is 0.259 e. The predicted octanol–water partition coefficient (Wildman–Crippen LogP) is 6.63. The number of nitrogens with zero attached hydrogens (tertiary/aromatic N) is 6. The number of likely N-dealkylation sites (N-methyl/N-ethyl adjacent to an activating group) is 1. The van der Waals surface area contributed by atoms with E-state index in [2.05, 4.69) is 27.2 Å². The first-order chi connectivity index (χ1) is 25.2. The Balaban J connectivity index is 0.00000271. The van der Waals surface area contributed by atoms with Crippen LogP contribution >= 0.6 is 37.2 Å². The quantitative estimate of drug-likeness (QED) is 0.119. The number of fused-ring (bicyclic) bond motifs is 1. The molecule has 2 N–H and O–H groups in total. The zero-order chi connectivity index (χ0) is 36.6. The Kier molecular flexibility index (Phi) is 16.8. The highest BCUT2D eigenvalue weighted by Crippen LogP contribution is 2.32. The van der Waals surface area contributed by atoms with E-state index in [1.54, 1.807) is 43.8 Å². The highest BCUT2D eigenvalue weighted by atomic mass is 35.5. The van der Waals surface area contributed by atoms with Crippen LogP contribution in [0.5, 0.6) is 11.5 Å². The molecule has 0 unspecified atom stereocenters. The Bertz CT molecular complexity index is 2030. The number of rotatable bonds is 14. The van der Waals surface area contributed by atoms with Gasteiger partial charge < -0.3 is 39.0 Å². The summed E-state index contributed by atoms with van der Waals surface area (Å²) in [6, 6.07) is 16.0. The minimum atomic E-state index is -0.395. The second-order valence-electron chi connectivity index (χ2n) is 13.2. The molecule has 1 aliphatic rings. The summed E-state index contributed by atoms with van der Waals surface area (Å²) in [6.45, 7) is 6.40. The molecule has 0 atom stereocenters. The van der Waals surface area contributed by atoms with E-state index in [0.717, 1.165) is 62.3 Å². The number of aromatic amines is 1. The van der Waals surface area contributed by atoms with Crippen molar-refractivity contribution >= 4 is 77.4 Å². The summed E-state index contributed by atoms with van der Waals surface area (Å²) in [5.74, 6) is 1.14. The number of hydrogen-bond acceptors (Lipinski definition) is 8. The lowest BCUT2D eigenvalue weighted by atomic mass is 10.1. The Morgan fingerprint density at radius 3 is 2.45 bits per heavy atom. The Morgan fingerprint density at radius 1 is 0.945 bits per heavy atom. The lowest BCUT2D eigenvalue weighted by molar-refractivity contribution is -0.132. The van der Waals surface area contributed by atoms with E-state index >= 15 is 0 Å². The summed E-state index contributed by atoms with van der Waals surface area (Å²) in [5.41, 5.74) is 4.23. The van der Waals surface area contributed by atoms with Gasteiger partial charge in [-0.25, -0.2) is 9.97 Å². The van der Waals surface area contributed by atoms with Crippen LogP contribution in [0.2, 0.25) is 0 Å². The van der Waals surface area contributed by atoms with Crippen molar-refractivity contribution in [3.05, 3.63) is 95.8 Å². The van der Waals surface area contributed by atoms with Crippen LogP contribution in [0.3, 0.4) is 0 Å². The number of aromatic nitrogens is 4. The number of amides is 3. The number of anilines is 2. The van der Waals surface area contributed by atoms with E-state index in [4.69, 9.17) is 14.5 Å². The molecule has 1 saturated heterocycles. The van der Waals surface area contributed by atoms with Crippen molar-refractivity contribution < 1.29 is 23.9 Å². The van der Waals surface area contributed by atoms with E-state index in [0.29, 0.717) is 47.8 Å². The lowest BCUT2D eigenvalue weighted by Gasteiger charge is -2.32. The van der Waals surface area contributed by atoms with Crippen molar-refractivity contribution in [2.75, 3.05) is 64.2 Å². The van der Waals surface area contributed by atoms with Gasteiger partial charge in [-0.2, -0.15) is 0 Å². The monoisotopic (exact) mass is 814 g/mol. The summed E-state index contributed by atoms with van der Waals surface area (Å²) >= 11 is 0. The molecule has 0 radical (unpaired) electrons. The first-order valence-electron chi connectivity index (χ1n) is 17.6. The first-order valence-corrected chi connectivity index (χ1v) is 17.6. The summed E-state index contributed by atoms with van der Waals surface area (Å²) in [5, 5.41) is 2.96.